The molecule has 3 heterocycles. The van der Waals surface area contributed by atoms with E-state index in [-0.39, 0.29) is 12.0 Å². The zero-order valence-corrected chi connectivity index (χ0v) is 15.8. The summed E-state index contributed by atoms with van der Waals surface area (Å²) in [7, 11) is 1.61. The summed E-state index contributed by atoms with van der Waals surface area (Å²) in [5.74, 6) is 0.211. The molecule has 0 aromatic carbocycles. The number of likely N-dealkylation sites (tertiary alicyclic amines) is 1. The van der Waals surface area contributed by atoms with Crippen molar-refractivity contribution < 1.29 is 14.3 Å². The Hall–Kier alpha value is -2.57. The number of aromatic nitrogens is 2. The van der Waals surface area contributed by atoms with Crippen molar-refractivity contribution in [3.8, 4) is 0 Å². The third-order valence-electron chi connectivity index (χ3n) is 4.64. The number of ether oxygens (including phenoxy) is 1. The van der Waals surface area contributed by atoms with Gasteiger partial charge in [-0.1, -0.05) is 0 Å². The molecule has 0 bridgehead atoms. The maximum absolute atomic E-state index is 12.2. The normalized spacial score (nSPS) is 15.9. The summed E-state index contributed by atoms with van der Waals surface area (Å²) in [6.45, 7) is 6.98. The Morgan fingerprint density at radius 1 is 1.27 bits per heavy atom. The van der Waals surface area contributed by atoms with Gasteiger partial charge in [0.1, 0.15) is 5.60 Å². The summed E-state index contributed by atoms with van der Waals surface area (Å²) in [4.78, 5) is 26.0. The van der Waals surface area contributed by atoms with Gasteiger partial charge in [0, 0.05) is 26.3 Å². The number of pyridine rings is 1. The molecule has 0 radical (unpaired) electrons. The number of carbonyl (C=O) groups excluding carboxylic acids is 2. The van der Waals surface area contributed by atoms with Crippen molar-refractivity contribution in [2.45, 2.75) is 45.1 Å². The molecule has 2 aromatic heterocycles. The lowest BCUT2D eigenvalue weighted by Crippen LogP contribution is -2.41. The van der Waals surface area contributed by atoms with Crippen LogP contribution in [0.2, 0.25) is 0 Å². The molecular weight excluding hydrogens is 332 g/mol. The fraction of sp³-hybridized carbons (Fsp3) is 0.526. The Labute approximate surface area is 153 Å². The molecule has 2 amide bonds. The highest BCUT2D eigenvalue weighted by atomic mass is 16.6. The van der Waals surface area contributed by atoms with Crippen molar-refractivity contribution in [2.75, 3.05) is 20.1 Å². The lowest BCUT2D eigenvalue weighted by molar-refractivity contribution is 0.0204. The molecule has 7 heteroatoms. The van der Waals surface area contributed by atoms with Gasteiger partial charge < -0.3 is 15.0 Å². The van der Waals surface area contributed by atoms with E-state index < -0.39 is 5.60 Å². The van der Waals surface area contributed by atoms with E-state index in [0.717, 1.165) is 18.4 Å². The SMILES string of the molecule is CNC(=O)c1cnn2ccc(C3CCN(C(=O)OC(C)(C)C)CC3)cc12. The van der Waals surface area contributed by atoms with Crippen molar-refractivity contribution in [2.24, 2.45) is 0 Å². The van der Waals surface area contributed by atoms with Crippen molar-refractivity contribution in [1.82, 2.24) is 19.8 Å². The number of hydrogen-bond acceptors (Lipinski definition) is 4. The number of fused-ring (bicyclic) bond motifs is 1. The summed E-state index contributed by atoms with van der Waals surface area (Å²) in [6.07, 6.45) is 4.97. The summed E-state index contributed by atoms with van der Waals surface area (Å²) < 4.78 is 7.16. The maximum Gasteiger partial charge on any atom is 0.410 e. The maximum atomic E-state index is 12.2. The predicted octanol–water partition coefficient (Wildman–Crippen LogP) is 2.81. The van der Waals surface area contributed by atoms with Gasteiger partial charge in [-0.05, 0) is 57.2 Å². The molecule has 0 spiro atoms. The Bertz CT molecular complexity index is 814. The highest BCUT2D eigenvalue weighted by Gasteiger charge is 2.27. The third-order valence-corrected chi connectivity index (χ3v) is 4.64. The standard InChI is InChI=1S/C19H26N4O3/c1-19(2,3)26-18(25)22-8-5-13(6-9-22)14-7-10-23-16(11-14)15(12-21-23)17(24)20-4/h7,10-13H,5-6,8-9H2,1-4H3,(H,20,24). The monoisotopic (exact) mass is 358 g/mol. The average molecular weight is 358 g/mol. The van der Waals surface area contributed by atoms with Crippen molar-refractivity contribution in [3.63, 3.8) is 0 Å². The molecule has 0 aliphatic carbocycles. The molecule has 140 valence electrons. The number of nitrogens with zero attached hydrogens (tertiary/aromatic N) is 3. The Balaban J connectivity index is 1.71. The first kappa shape index (κ1) is 18.2. The van der Waals surface area contributed by atoms with Crippen LogP contribution in [0, 0.1) is 0 Å². The highest BCUT2D eigenvalue weighted by molar-refractivity contribution is 6.00. The zero-order chi connectivity index (χ0) is 18.9. The van der Waals surface area contributed by atoms with Crippen LogP contribution in [0.5, 0.6) is 0 Å². The molecule has 26 heavy (non-hydrogen) atoms. The van der Waals surface area contributed by atoms with Crippen molar-refractivity contribution >= 4 is 17.5 Å². The van der Waals surface area contributed by atoms with Crippen LogP contribution in [-0.2, 0) is 4.74 Å². The largest absolute Gasteiger partial charge is 0.444 e. The second-order valence-corrected chi connectivity index (χ2v) is 7.67. The fourth-order valence-corrected chi connectivity index (χ4v) is 3.28. The number of nitrogens with one attached hydrogen (secondary N) is 1. The Morgan fingerprint density at radius 3 is 2.58 bits per heavy atom. The number of rotatable bonds is 2. The quantitative estimate of drug-likeness (QED) is 0.896. The van der Waals surface area contributed by atoms with Crippen molar-refractivity contribution in [1.29, 1.82) is 0 Å². The zero-order valence-electron chi connectivity index (χ0n) is 15.8. The minimum absolute atomic E-state index is 0.142. The predicted molar refractivity (Wildman–Crippen MR) is 98.4 cm³/mol. The molecule has 1 aliphatic heterocycles. The van der Waals surface area contributed by atoms with E-state index in [9.17, 15) is 9.59 Å². The van der Waals surface area contributed by atoms with Crippen molar-refractivity contribution in [3.05, 3.63) is 35.7 Å². The van der Waals surface area contributed by atoms with E-state index in [1.165, 1.54) is 5.56 Å². The van der Waals surface area contributed by atoms with Crippen LogP contribution in [0.1, 0.15) is 55.5 Å². The number of amides is 2. The lowest BCUT2D eigenvalue weighted by atomic mass is 9.90. The Morgan fingerprint density at radius 2 is 1.96 bits per heavy atom. The molecule has 1 aliphatic rings. The second-order valence-electron chi connectivity index (χ2n) is 7.67. The van der Waals surface area contributed by atoms with Gasteiger partial charge in [0.05, 0.1) is 17.3 Å². The van der Waals surface area contributed by atoms with E-state index in [2.05, 4.69) is 10.4 Å². The lowest BCUT2D eigenvalue weighted by Gasteiger charge is -2.33. The van der Waals surface area contributed by atoms with E-state index in [1.807, 2.05) is 39.1 Å². The van der Waals surface area contributed by atoms with Gasteiger partial charge in [0.2, 0.25) is 0 Å². The summed E-state index contributed by atoms with van der Waals surface area (Å²) in [5, 5.41) is 6.87. The van der Waals surface area contributed by atoms with Gasteiger partial charge in [0.15, 0.2) is 0 Å². The van der Waals surface area contributed by atoms with Crippen LogP contribution in [0.3, 0.4) is 0 Å². The molecule has 1 N–H and O–H groups in total. The van der Waals surface area contributed by atoms with Crippen LogP contribution in [-0.4, -0.2) is 52.3 Å². The van der Waals surface area contributed by atoms with E-state index in [1.54, 1.807) is 22.7 Å². The number of hydrogen-bond donors (Lipinski definition) is 1. The first-order valence-electron chi connectivity index (χ1n) is 8.96. The van der Waals surface area contributed by atoms with E-state index in [0.29, 0.717) is 24.6 Å². The molecule has 2 aromatic rings. The van der Waals surface area contributed by atoms with Crippen LogP contribution < -0.4 is 5.32 Å². The van der Waals surface area contributed by atoms with Gasteiger partial charge in [-0.2, -0.15) is 5.10 Å². The van der Waals surface area contributed by atoms with Crippen LogP contribution in [0.25, 0.3) is 5.52 Å². The summed E-state index contributed by atoms with van der Waals surface area (Å²) in [5.41, 5.74) is 2.07. The molecule has 0 atom stereocenters. The Kier molecular flexibility index (Phi) is 4.89. The van der Waals surface area contributed by atoms with Crippen LogP contribution in [0.4, 0.5) is 4.79 Å². The van der Waals surface area contributed by atoms with Gasteiger partial charge in [-0.25, -0.2) is 9.31 Å². The fourth-order valence-electron chi connectivity index (χ4n) is 3.28. The second kappa shape index (κ2) is 6.97. The van der Waals surface area contributed by atoms with Gasteiger partial charge in [-0.15, -0.1) is 0 Å². The minimum atomic E-state index is -0.475. The van der Waals surface area contributed by atoms with Crippen LogP contribution >= 0.6 is 0 Å². The van der Waals surface area contributed by atoms with E-state index >= 15 is 0 Å². The molecule has 3 rings (SSSR count). The first-order valence-corrected chi connectivity index (χ1v) is 8.96. The first-order chi connectivity index (χ1) is 12.3. The van der Waals surface area contributed by atoms with Crippen LogP contribution in [0.15, 0.2) is 24.5 Å². The van der Waals surface area contributed by atoms with Gasteiger partial charge in [0.25, 0.3) is 5.91 Å². The topological polar surface area (TPSA) is 75.9 Å². The molecule has 1 saturated heterocycles. The van der Waals surface area contributed by atoms with E-state index in [4.69, 9.17) is 4.74 Å². The smallest absolute Gasteiger partial charge is 0.410 e. The molecular formula is C19H26N4O3. The average Bonchev–Trinajstić information content (AvgIpc) is 3.03. The number of carbonyl (C=O) groups is 2. The summed E-state index contributed by atoms with van der Waals surface area (Å²) in [6, 6.07) is 4.08. The summed E-state index contributed by atoms with van der Waals surface area (Å²) >= 11 is 0. The highest BCUT2D eigenvalue weighted by Crippen LogP contribution is 2.30. The molecule has 7 nitrogen and oxygen atoms in total. The van der Waals surface area contributed by atoms with Gasteiger partial charge in [-0.3, -0.25) is 4.79 Å². The minimum Gasteiger partial charge on any atom is -0.444 e. The van der Waals surface area contributed by atoms with Gasteiger partial charge >= 0.3 is 6.09 Å². The third kappa shape index (κ3) is 3.81. The molecule has 0 saturated carbocycles. The molecule has 0 unspecified atom stereocenters. The molecule has 1 fully saturated rings. The number of piperidine rings is 1.